The zero-order chi connectivity index (χ0) is 26.9. The van der Waals surface area contributed by atoms with Gasteiger partial charge in [-0.3, -0.25) is 9.35 Å². The Bertz CT molecular complexity index is 756. The number of aliphatic hydroxyl groups excluding tert-OH is 1. The zero-order valence-electron chi connectivity index (χ0n) is 22.6. The summed E-state index contributed by atoms with van der Waals surface area (Å²) in [6.07, 6.45) is 29.8. The molecule has 0 aromatic heterocycles. The fourth-order valence-corrected chi connectivity index (χ4v) is 4.43. The molecule has 0 spiro atoms. The summed E-state index contributed by atoms with van der Waals surface area (Å²) in [5, 5.41) is 12.9. The Balaban J connectivity index is 4.10. The van der Waals surface area contributed by atoms with E-state index in [1.54, 1.807) is 0 Å². The number of rotatable bonds is 23. The maximum Gasteiger partial charge on any atom is 0.267 e. The first-order chi connectivity index (χ1) is 17.3. The molecule has 0 heterocycles. The molecule has 0 aliphatic rings. The molecule has 0 saturated carbocycles. The molecule has 0 rings (SSSR count). The fraction of sp³-hybridized carbons (Fsp3) is 0.690. The highest BCUT2D eigenvalue weighted by atomic mass is 32.2. The van der Waals surface area contributed by atoms with Crippen LogP contribution in [0.25, 0.3) is 0 Å². The maximum atomic E-state index is 12.3. The summed E-state index contributed by atoms with van der Waals surface area (Å²) in [5.74, 6) is -1.01. The van der Waals surface area contributed by atoms with Crippen molar-refractivity contribution in [3.63, 3.8) is 0 Å². The van der Waals surface area contributed by atoms with Crippen molar-refractivity contribution >= 4 is 16.0 Å². The topological polar surface area (TPSA) is 104 Å². The number of aliphatic hydroxyl groups is 1. The average molecular weight is 526 g/mol. The molecule has 0 aliphatic heterocycles. The fourth-order valence-electron chi connectivity index (χ4n) is 3.69. The van der Waals surface area contributed by atoms with Gasteiger partial charge in [-0.1, -0.05) is 101 Å². The van der Waals surface area contributed by atoms with Crippen molar-refractivity contribution in [1.29, 1.82) is 0 Å². The van der Waals surface area contributed by atoms with Gasteiger partial charge in [0.25, 0.3) is 10.1 Å². The molecule has 3 N–H and O–H groups in total. The minimum absolute atomic E-state index is 0.273. The molecule has 36 heavy (non-hydrogen) atoms. The summed E-state index contributed by atoms with van der Waals surface area (Å²) < 4.78 is 31.9. The first-order valence-electron chi connectivity index (χ1n) is 13.8. The molecular weight excluding hydrogens is 474 g/mol. The van der Waals surface area contributed by atoms with Gasteiger partial charge in [-0.05, 0) is 51.4 Å². The SMILES string of the molecule is CC/C=C\C/C=C\C/C=C\CCCCCCCC(=O)NC(CS(=O)(=O)O)C(O)/C=C/CCCCCC. The average Bonchev–Trinajstić information content (AvgIpc) is 2.82. The van der Waals surface area contributed by atoms with Crippen molar-refractivity contribution in [3.8, 4) is 0 Å². The summed E-state index contributed by atoms with van der Waals surface area (Å²) in [7, 11) is -4.33. The van der Waals surface area contributed by atoms with Crippen molar-refractivity contribution in [1.82, 2.24) is 5.32 Å². The largest absolute Gasteiger partial charge is 0.387 e. The van der Waals surface area contributed by atoms with Gasteiger partial charge in [-0.15, -0.1) is 0 Å². The lowest BCUT2D eigenvalue weighted by molar-refractivity contribution is -0.122. The molecule has 1 amide bonds. The van der Waals surface area contributed by atoms with Crippen LogP contribution in [0.1, 0.15) is 110 Å². The molecule has 0 radical (unpaired) electrons. The number of amides is 1. The summed E-state index contributed by atoms with van der Waals surface area (Å²) >= 11 is 0. The molecule has 0 aliphatic carbocycles. The van der Waals surface area contributed by atoms with Crippen molar-refractivity contribution in [2.75, 3.05) is 5.75 Å². The van der Waals surface area contributed by atoms with Crippen LogP contribution in [-0.2, 0) is 14.9 Å². The summed E-state index contributed by atoms with van der Waals surface area (Å²) in [5.41, 5.74) is 0. The van der Waals surface area contributed by atoms with Gasteiger partial charge in [0.15, 0.2) is 0 Å². The van der Waals surface area contributed by atoms with Crippen LogP contribution < -0.4 is 5.32 Å². The zero-order valence-corrected chi connectivity index (χ0v) is 23.4. The van der Waals surface area contributed by atoms with Crippen LogP contribution in [0.5, 0.6) is 0 Å². The second kappa shape index (κ2) is 23.7. The van der Waals surface area contributed by atoms with E-state index in [1.165, 1.54) is 6.08 Å². The van der Waals surface area contributed by atoms with E-state index >= 15 is 0 Å². The third-order valence-corrected chi connectivity index (χ3v) is 6.54. The number of hydrogen-bond acceptors (Lipinski definition) is 4. The first kappa shape index (κ1) is 34.3. The minimum Gasteiger partial charge on any atom is -0.387 e. The monoisotopic (exact) mass is 525 g/mol. The number of unbranched alkanes of at least 4 members (excludes halogenated alkanes) is 9. The normalized spacial score (nSPS) is 14.4. The molecule has 6 nitrogen and oxygen atoms in total. The summed E-state index contributed by atoms with van der Waals surface area (Å²) in [4.78, 5) is 12.3. The van der Waals surface area contributed by atoms with E-state index < -0.39 is 28.0 Å². The third kappa shape index (κ3) is 24.0. The summed E-state index contributed by atoms with van der Waals surface area (Å²) in [6, 6.07) is -1.06. The van der Waals surface area contributed by atoms with Gasteiger partial charge in [0.05, 0.1) is 17.9 Å². The Kier molecular flexibility index (Phi) is 22.6. The molecule has 208 valence electrons. The van der Waals surface area contributed by atoms with Crippen LogP contribution in [0.2, 0.25) is 0 Å². The first-order valence-corrected chi connectivity index (χ1v) is 15.4. The van der Waals surface area contributed by atoms with Crippen LogP contribution in [0.3, 0.4) is 0 Å². The molecule has 0 bridgehead atoms. The van der Waals surface area contributed by atoms with Gasteiger partial charge >= 0.3 is 0 Å². The Morgan fingerprint density at radius 2 is 1.33 bits per heavy atom. The quantitative estimate of drug-likeness (QED) is 0.0770. The third-order valence-electron chi connectivity index (χ3n) is 5.76. The Morgan fingerprint density at radius 3 is 1.97 bits per heavy atom. The standard InChI is InChI=1S/C29H51NO5S/c1-3-5-7-9-11-12-13-14-15-16-17-18-19-21-23-25-29(32)30-27(26-36(33,34)35)28(31)24-22-20-10-8-6-4-2/h5,7,11-12,14-15,22,24,27-28,31H,3-4,6,8-10,13,16-21,23,25-26H2,1-2H3,(H,30,32)(H,33,34,35)/b7-5-,12-11-,15-14-,24-22+. The molecule has 0 aromatic carbocycles. The van der Waals surface area contributed by atoms with Crippen LogP contribution in [0, 0.1) is 0 Å². The minimum atomic E-state index is -4.33. The summed E-state index contributed by atoms with van der Waals surface area (Å²) in [6.45, 7) is 4.27. The number of allylic oxidation sites excluding steroid dienone is 7. The van der Waals surface area contributed by atoms with Gasteiger partial charge in [-0.25, -0.2) is 0 Å². The van der Waals surface area contributed by atoms with E-state index in [2.05, 4.69) is 55.6 Å². The second-order valence-corrected chi connectivity index (χ2v) is 10.8. The van der Waals surface area contributed by atoms with Crippen LogP contribution in [-0.4, -0.2) is 41.9 Å². The van der Waals surface area contributed by atoms with Gasteiger partial charge in [0, 0.05) is 6.42 Å². The van der Waals surface area contributed by atoms with Gasteiger partial charge in [0.2, 0.25) is 5.91 Å². The molecule has 0 saturated heterocycles. The Morgan fingerprint density at radius 1 is 0.778 bits per heavy atom. The van der Waals surface area contributed by atoms with Crippen LogP contribution in [0.15, 0.2) is 48.6 Å². The van der Waals surface area contributed by atoms with Gasteiger partial charge < -0.3 is 10.4 Å². The highest BCUT2D eigenvalue weighted by Crippen LogP contribution is 2.10. The Labute approximate surface area is 220 Å². The van der Waals surface area contributed by atoms with E-state index in [9.17, 15) is 22.9 Å². The van der Waals surface area contributed by atoms with Gasteiger partial charge in [0.1, 0.15) is 0 Å². The van der Waals surface area contributed by atoms with Crippen molar-refractivity contribution in [2.24, 2.45) is 0 Å². The molecule has 2 atom stereocenters. The number of carbonyl (C=O) groups is 1. The molecule has 7 heteroatoms. The number of nitrogens with one attached hydrogen (secondary N) is 1. The maximum absolute atomic E-state index is 12.3. The van der Waals surface area contributed by atoms with Crippen molar-refractivity contribution < 1.29 is 22.9 Å². The van der Waals surface area contributed by atoms with E-state index in [-0.39, 0.29) is 12.3 Å². The lowest BCUT2D eigenvalue weighted by Crippen LogP contribution is -2.46. The molecule has 0 aromatic rings. The highest BCUT2D eigenvalue weighted by molar-refractivity contribution is 7.85. The highest BCUT2D eigenvalue weighted by Gasteiger charge is 2.24. The number of carbonyl (C=O) groups excluding carboxylic acids is 1. The van der Waals surface area contributed by atoms with E-state index in [1.807, 2.05) is 6.08 Å². The molecule has 0 fully saturated rings. The smallest absolute Gasteiger partial charge is 0.267 e. The lowest BCUT2D eigenvalue weighted by atomic mass is 10.1. The van der Waals surface area contributed by atoms with Gasteiger partial charge in [-0.2, -0.15) is 8.42 Å². The predicted molar refractivity (Wildman–Crippen MR) is 152 cm³/mol. The van der Waals surface area contributed by atoms with Crippen LogP contribution in [0.4, 0.5) is 0 Å². The predicted octanol–water partition coefficient (Wildman–Crippen LogP) is 6.84. The Hall–Kier alpha value is -1.70. The lowest BCUT2D eigenvalue weighted by Gasteiger charge is -2.21. The second-order valence-electron chi connectivity index (χ2n) is 9.29. The molecular formula is C29H51NO5S. The van der Waals surface area contributed by atoms with Crippen LogP contribution >= 0.6 is 0 Å². The molecule has 2 unspecified atom stereocenters. The van der Waals surface area contributed by atoms with E-state index in [0.717, 1.165) is 83.5 Å². The van der Waals surface area contributed by atoms with Crippen molar-refractivity contribution in [3.05, 3.63) is 48.6 Å². The number of hydrogen-bond donors (Lipinski definition) is 3. The van der Waals surface area contributed by atoms with Crippen molar-refractivity contribution in [2.45, 2.75) is 122 Å². The van der Waals surface area contributed by atoms with E-state index in [0.29, 0.717) is 6.42 Å². The van der Waals surface area contributed by atoms with E-state index in [4.69, 9.17) is 0 Å².